The van der Waals surface area contributed by atoms with Crippen LogP contribution in [0.1, 0.15) is 16.1 Å². The van der Waals surface area contributed by atoms with Crippen LogP contribution in [0.3, 0.4) is 0 Å². The van der Waals surface area contributed by atoms with Crippen molar-refractivity contribution in [2.75, 3.05) is 12.3 Å². The van der Waals surface area contributed by atoms with Gasteiger partial charge in [0.25, 0.3) is 0 Å². The molecule has 0 bridgehead atoms. The molecule has 0 saturated heterocycles. The van der Waals surface area contributed by atoms with Crippen molar-refractivity contribution < 1.29 is 14.6 Å². The van der Waals surface area contributed by atoms with Crippen LogP contribution in [0, 0.1) is 0 Å². The number of aromatic nitrogens is 2. The first-order valence-electron chi connectivity index (χ1n) is 5.80. The third-order valence-electron chi connectivity index (χ3n) is 2.79. The molecule has 19 heavy (non-hydrogen) atoms. The van der Waals surface area contributed by atoms with E-state index in [1.165, 1.54) is 12.1 Å². The normalized spacial score (nSPS) is 10.4. The fourth-order valence-electron chi connectivity index (χ4n) is 1.73. The molecular formula is C13H15N3O3. The van der Waals surface area contributed by atoms with Crippen molar-refractivity contribution in [1.29, 1.82) is 0 Å². The maximum absolute atomic E-state index is 10.8. The summed E-state index contributed by atoms with van der Waals surface area (Å²) in [6.07, 6.45) is 2.43. The number of rotatable bonds is 5. The Bertz CT molecular complexity index is 593. The Hall–Kier alpha value is -2.50. The minimum Gasteiger partial charge on any atom is -0.491 e. The summed E-state index contributed by atoms with van der Waals surface area (Å²) in [6, 6.07) is 6.35. The summed E-state index contributed by atoms with van der Waals surface area (Å²) in [5.41, 5.74) is 7.27. The lowest BCUT2D eigenvalue weighted by atomic mass is 10.2. The van der Waals surface area contributed by atoms with Crippen molar-refractivity contribution >= 4 is 11.7 Å². The molecule has 1 heterocycles. The predicted octanol–water partition coefficient (Wildman–Crippen LogP) is 1.32. The van der Waals surface area contributed by atoms with Crippen molar-refractivity contribution in [1.82, 2.24) is 9.78 Å². The third kappa shape index (κ3) is 3.04. The molecule has 0 spiro atoms. The zero-order chi connectivity index (χ0) is 13.8. The van der Waals surface area contributed by atoms with Gasteiger partial charge in [-0.05, 0) is 24.3 Å². The summed E-state index contributed by atoms with van der Waals surface area (Å²) in [5.74, 6) is -0.514. The molecule has 1 aromatic carbocycles. The van der Waals surface area contributed by atoms with Crippen LogP contribution >= 0.6 is 0 Å². The zero-order valence-electron chi connectivity index (χ0n) is 10.5. The van der Waals surface area contributed by atoms with E-state index in [-0.39, 0.29) is 5.56 Å². The monoisotopic (exact) mass is 261 g/mol. The number of benzene rings is 1. The van der Waals surface area contributed by atoms with Crippen LogP contribution in [0.5, 0.6) is 5.75 Å². The number of nitrogens with zero attached hydrogens (tertiary/aromatic N) is 2. The van der Waals surface area contributed by atoms with E-state index < -0.39 is 5.97 Å². The van der Waals surface area contributed by atoms with Crippen LogP contribution < -0.4 is 10.5 Å². The Kier molecular flexibility index (Phi) is 3.70. The minimum absolute atomic E-state index is 0.150. The van der Waals surface area contributed by atoms with Gasteiger partial charge in [-0.1, -0.05) is 0 Å². The molecular weight excluding hydrogens is 246 g/mol. The Balaban J connectivity index is 1.96. The number of nitrogen functional groups attached to an aromatic ring is 1. The van der Waals surface area contributed by atoms with Crippen LogP contribution in [-0.2, 0) is 13.5 Å². The Morgan fingerprint density at radius 2 is 2.26 bits per heavy atom. The van der Waals surface area contributed by atoms with Crippen molar-refractivity contribution in [2.24, 2.45) is 7.05 Å². The first-order chi connectivity index (χ1) is 9.08. The molecule has 6 heteroatoms. The maximum atomic E-state index is 10.8. The first-order valence-corrected chi connectivity index (χ1v) is 5.80. The number of hydrogen-bond donors (Lipinski definition) is 2. The van der Waals surface area contributed by atoms with Crippen molar-refractivity contribution in [3.8, 4) is 5.75 Å². The van der Waals surface area contributed by atoms with Crippen LogP contribution in [0.2, 0.25) is 0 Å². The highest BCUT2D eigenvalue weighted by molar-refractivity contribution is 5.89. The van der Waals surface area contributed by atoms with Gasteiger partial charge in [0.1, 0.15) is 5.75 Å². The molecule has 0 radical (unpaired) electrons. The average molecular weight is 261 g/mol. The maximum Gasteiger partial charge on any atom is 0.335 e. The topological polar surface area (TPSA) is 90.4 Å². The number of hydrogen-bond acceptors (Lipinski definition) is 4. The molecule has 100 valence electrons. The number of carboxylic acids is 1. The number of nitrogens with two attached hydrogens (primary N) is 1. The van der Waals surface area contributed by atoms with Crippen LogP contribution in [0.15, 0.2) is 30.5 Å². The molecule has 1 aromatic heterocycles. The second-order valence-corrected chi connectivity index (χ2v) is 4.10. The van der Waals surface area contributed by atoms with Gasteiger partial charge in [-0.2, -0.15) is 5.10 Å². The number of anilines is 1. The molecule has 0 saturated carbocycles. The van der Waals surface area contributed by atoms with Crippen LogP contribution in [0.25, 0.3) is 0 Å². The average Bonchev–Trinajstić information content (AvgIpc) is 2.77. The lowest BCUT2D eigenvalue weighted by Gasteiger charge is -2.09. The van der Waals surface area contributed by atoms with E-state index >= 15 is 0 Å². The Morgan fingerprint density at radius 1 is 1.47 bits per heavy atom. The van der Waals surface area contributed by atoms with Gasteiger partial charge in [-0.15, -0.1) is 0 Å². The highest BCUT2D eigenvalue weighted by atomic mass is 16.5. The number of ether oxygens (including phenoxy) is 1. The van der Waals surface area contributed by atoms with E-state index in [2.05, 4.69) is 5.10 Å². The largest absolute Gasteiger partial charge is 0.491 e. The Morgan fingerprint density at radius 3 is 2.84 bits per heavy atom. The predicted molar refractivity (Wildman–Crippen MR) is 70.2 cm³/mol. The fraction of sp³-hybridized carbons (Fsp3) is 0.231. The molecule has 6 nitrogen and oxygen atoms in total. The van der Waals surface area contributed by atoms with Gasteiger partial charge in [-0.25, -0.2) is 4.79 Å². The van der Waals surface area contributed by atoms with E-state index in [0.717, 1.165) is 5.69 Å². The summed E-state index contributed by atoms with van der Waals surface area (Å²) in [6.45, 7) is 0.455. The van der Waals surface area contributed by atoms with Gasteiger partial charge in [0.15, 0.2) is 0 Å². The standard InChI is InChI=1S/C13H15N3O3/c1-16-10(4-6-15-16)5-7-19-12-3-2-9(13(17)18)8-11(12)14/h2-4,6,8H,5,7,14H2,1H3,(H,17,18). The molecule has 0 aliphatic carbocycles. The van der Waals surface area contributed by atoms with Gasteiger partial charge < -0.3 is 15.6 Å². The lowest BCUT2D eigenvalue weighted by Crippen LogP contribution is -2.07. The van der Waals surface area contributed by atoms with E-state index in [0.29, 0.717) is 24.5 Å². The van der Waals surface area contributed by atoms with Gasteiger partial charge >= 0.3 is 5.97 Å². The molecule has 0 aliphatic heterocycles. The zero-order valence-corrected chi connectivity index (χ0v) is 10.5. The van der Waals surface area contributed by atoms with Gasteiger partial charge in [-0.3, -0.25) is 4.68 Å². The highest BCUT2D eigenvalue weighted by Gasteiger charge is 2.07. The molecule has 0 unspecified atom stereocenters. The van der Waals surface area contributed by atoms with Gasteiger partial charge in [0.05, 0.1) is 17.9 Å². The van der Waals surface area contributed by atoms with Gasteiger partial charge in [0.2, 0.25) is 0 Å². The SMILES string of the molecule is Cn1nccc1CCOc1ccc(C(=O)O)cc1N. The Labute approximate surface area is 110 Å². The van der Waals surface area contributed by atoms with Gasteiger partial charge in [0, 0.05) is 25.4 Å². The van der Waals surface area contributed by atoms with E-state index in [1.54, 1.807) is 16.9 Å². The third-order valence-corrected chi connectivity index (χ3v) is 2.79. The second kappa shape index (κ2) is 5.43. The minimum atomic E-state index is -1.01. The summed E-state index contributed by atoms with van der Waals surface area (Å²) >= 11 is 0. The summed E-state index contributed by atoms with van der Waals surface area (Å²) in [7, 11) is 1.87. The number of aryl methyl sites for hydroxylation is 1. The second-order valence-electron chi connectivity index (χ2n) is 4.10. The molecule has 3 N–H and O–H groups in total. The van der Waals surface area contributed by atoms with Crippen LogP contribution in [0.4, 0.5) is 5.69 Å². The summed E-state index contributed by atoms with van der Waals surface area (Å²) < 4.78 is 7.32. The van der Waals surface area contributed by atoms with Crippen LogP contribution in [-0.4, -0.2) is 27.5 Å². The first kappa shape index (κ1) is 12.9. The number of carbonyl (C=O) groups is 1. The highest BCUT2D eigenvalue weighted by Crippen LogP contribution is 2.22. The van der Waals surface area contributed by atoms with E-state index in [1.807, 2.05) is 13.1 Å². The fourth-order valence-corrected chi connectivity index (χ4v) is 1.73. The lowest BCUT2D eigenvalue weighted by molar-refractivity contribution is 0.0697. The molecule has 0 amide bonds. The number of aromatic carboxylic acids is 1. The summed E-state index contributed by atoms with van der Waals surface area (Å²) in [4.78, 5) is 10.8. The van der Waals surface area contributed by atoms with E-state index in [9.17, 15) is 4.79 Å². The molecule has 2 rings (SSSR count). The van der Waals surface area contributed by atoms with E-state index in [4.69, 9.17) is 15.6 Å². The molecule has 2 aromatic rings. The molecule has 0 aliphatic rings. The quantitative estimate of drug-likeness (QED) is 0.792. The van der Waals surface area contributed by atoms with Crippen molar-refractivity contribution in [3.63, 3.8) is 0 Å². The number of carboxylic acid groups (broad SMARTS) is 1. The smallest absolute Gasteiger partial charge is 0.335 e. The summed E-state index contributed by atoms with van der Waals surface area (Å²) in [5, 5.41) is 12.9. The molecule has 0 atom stereocenters. The van der Waals surface area contributed by atoms with Crippen molar-refractivity contribution in [2.45, 2.75) is 6.42 Å². The van der Waals surface area contributed by atoms with Crippen molar-refractivity contribution in [3.05, 3.63) is 41.7 Å². The molecule has 0 fully saturated rings.